The molecule has 0 rings (SSSR count). The first kappa shape index (κ1) is 14.6. The summed E-state index contributed by atoms with van der Waals surface area (Å²) in [6, 6.07) is 0. The minimum Gasteiger partial charge on any atom is -0.544 e. The predicted molar refractivity (Wildman–Crippen MR) is 17.1 cm³/mol. The SMILES string of the molecule is O=C([O-])C(F)(OF)C(F)(F)F.[Na+]. The summed E-state index contributed by atoms with van der Waals surface area (Å²) in [4.78, 5) is 10.9. The van der Waals surface area contributed by atoms with Crippen molar-refractivity contribution in [2.45, 2.75) is 12.0 Å². The summed E-state index contributed by atoms with van der Waals surface area (Å²) in [5.74, 6) is -8.72. The van der Waals surface area contributed by atoms with E-state index >= 15 is 0 Å². The summed E-state index contributed by atoms with van der Waals surface area (Å²) >= 11 is 0. The van der Waals surface area contributed by atoms with Gasteiger partial charge in [-0.2, -0.15) is 17.6 Å². The molecular formula is C3F5NaO3. The topological polar surface area (TPSA) is 49.4 Å². The maximum absolute atomic E-state index is 11.8. The van der Waals surface area contributed by atoms with Gasteiger partial charge in [0.2, 0.25) is 0 Å². The van der Waals surface area contributed by atoms with E-state index in [1.165, 1.54) is 0 Å². The summed E-state index contributed by atoms with van der Waals surface area (Å²) in [7, 11) is 0. The van der Waals surface area contributed by atoms with Crippen molar-refractivity contribution in [3.63, 3.8) is 0 Å². The van der Waals surface area contributed by atoms with Gasteiger partial charge >= 0.3 is 41.6 Å². The van der Waals surface area contributed by atoms with Crippen molar-refractivity contribution in [3.05, 3.63) is 0 Å². The standard InChI is InChI=1S/C3HF5O3.Na/c4-2(11-8,1(9)10)3(5,6)7;/h(H,9,10);/q;+1/p-1. The summed E-state index contributed by atoms with van der Waals surface area (Å²) in [6.07, 6.45) is -6.00. The maximum Gasteiger partial charge on any atom is 1.00 e. The van der Waals surface area contributed by atoms with E-state index in [-0.39, 0.29) is 29.6 Å². The Bertz CT molecular complexity index is 170. The second kappa shape index (κ2) is 4.35. The monoisotopic (exact) mass is 202 g/mol. The van der Waals surface area contributed by atoms with Crippen molar-refractivity contribution in [1.82, 2.24) is 0 Å². The number of rotatable bonds is 2. The summed E-state index contributed by atoms with van der Waals surface area (Å²) < 4.78 is 56.1. The Labute approximate surface area is 84.7 Å². The van der Waals surface area contributed by atoms with Crippen molar-refractivity contribution in [3.8, 4) is 0 Å². The van der Waals surface area contributed by atoms with Crippen molar-refractivity contribution >= 4 is 5.97 Å². The molecule has 0 aliphatic heterocycles. The van der Waals surface area contributed by atoms with Crippen molar-refractivity contribution in [2.24, 2.45) is 0 Å². The molecule has 0 aromatic rings. The molecule has 0 spiro atoms. The molecule has 1 unspecified atom stereocenters. The van der Waals surface area contributed by atoms with Gasteiger partial charge in [-0.25, -0.2) is 0 Å². The minimum absolute atomic E-state index is 0. The van der Waals surface area contributed by atoms with Crippen LogP contribution in [0.2, 0.25) is 0 Å². The van der Waals surface area contributed by atoms with Crippen LogP contribution in [0.5, 0.6) is 0 Å². The fraction of sp³-hybridized carbons (Fsp3) is 0.667. The molecule has 0 aromatic carbocycles. The van der Waals surface area contributed by atoms with Gasteiger partial charge in [-0.1, -0.05) is 0 Å². The number of carboxylic acid groups (broad SMARTS) is 1. The average Bonchev–Trinajstić information content (AvgIpc) is 1.83. The molecule has 0 radical (unpaired) electrons. The molecule has 0 N–H and O–H groups in total. The van der Waals surface area contributed by atoms with Gasteiger partial charge < -0.3 is 9.90 Å². The zero-order chi connectivity index (χ0) is 9.28. The molecular weight excluding hydrogens is 202 g/mol. The van der Waals surface area contributed by atoms with Crippen LogP contribution >= 0.6 is 0 Å². The molecule has 0 aliphatic carbocycles. The zero-order valence-electron chi connectivity index (χ0n) is 5.61. The Balaban J connectivity index is 0. The average molecular weight is 202 g/mol. The zero-order valence-corrected chi connectivity index (χ0v) is 7.61. The van der Waals surface area contributed by atoms with Crippen LogP contribution in [0.25, 0.3) is 0 Å². The molecule has 1 atom stereocenters. The first-order valence-corrected chi connectivity index (χ1v) is 2.02. The molecule has 0 amide bonds. The molecule has 0 bridgehead atoms. The molecule has 0 saturated heterocycles. The second-order valence-electron chi connectivity index (χ2n) is 1.46. The molecule has 0 saturated carbocycles. The fourth-order valence-corrected chi connectivity index (χ4v) is 0.191. The molecule has 0 fully saturated rings. The third-order valence-corrected chi connectivity index (χ3v) is 0.733. The van der Waals surface area contributed by atoms with Crippen LogP contribution in [0.1, 0.15) is 0 Å². The van der Waals surface area contributed by atoms with Gasteiger partial charge in [0.25, 0.3) is 0 Å². The van der Waals surface area contributed by atoms with E-state index in [0.717, 1.165) is 0 Å². The quantitative estimate of drug-likeness (QED) is 0.351. The Kier molecular flexibility index (Phi) is 5.30. The van der Waals surface area contributed by atoms with Crippen LogP contribution in [0.4, 0.5) is 22.1 Å². The number of aliphatic carboxylic acids is 1. The van der Waals surface area contributed by atoms with Crippen LogP contribution < -0.4 is 34.7 Å². The molecule has 0 aliphatic rings. The van der Waals surface area contributed by atoms with E-state index < -0.39 is 18.0 Å². The minimum atomic E-state index is -6.00. The van der Waals surface area contributed by atoms with E-state index in [2.05, 4.69) is 0 Å². The molecule has 66 valence electrons. The Hall–Kier alpha value is 0.0800. The van der Waals surface area contributed by atoms with Gasteiger partial charge in [0.15, 0.2) is 0 Å². The van der Waals surface area contributed by atoms with Crippen LogP contribution in [0.15, 0.2) is 0 Å². The molecule has 9 heteroatoms. The van der Waals surface area contributed by atoms with Gasteiger partial charge in [-0.3, -0.25) is 0 Å². The smallest absolute Gasteiger partial charge is 0.544 e. The first-order valence-electron chi connectivity index (χ1n) is 2.02. The number of carbonyl (C=O) groups is 1. The van der Waals surface area contributed by atoms with E-state index in [4.69, 9.17) is 0 Å². The number of halogens is 5. The number of carbonyl (C=O) groups excluding carboxylic acids is 1. The molecule has 12 heavy (non-hydrogen) atoms. The van der Waals surface area contributed by atoms with Gasteiger partial charge in [0, 0.05) is 0 Å². The van der Waals surface area contributed by atoms with Gasteiger partial charge in [0.1, 0.15) is 5.97 Å². The van der Waals surface area contributed by atoms with Crippen LogP contribution in [-0.4, -0.2) is 18.0 Å². The largest absolute Gasteiger partial charge is 1.00 e. The predicted octanol–water partition coefficient (Wildman–Crippen LogP) is -3.13. The van der Waals surface area contributed by atoms with Crippen molar-refractivity contribution in [2.75, 3.05) is 0 Å². The Morgan fingerprint density at radius 1 is 1.25 bits per heavy atom. The van der Waals surface area contributed by atoms with E-state index in [0.29, 0.717) is 0 Å². The maximum atomic E-state index is 11.8. The Morgan fingerprint density at radius 3 is 1.58 bits per heavy atom. The fourth-order valence-electron chi connectivity index (χ4n) is 0.191. The number of alkyl halides is 4. The van der Waals surface area contributed by atoms with E-state index in [1.807, 2.05) is 0 Å². The normalized spacial score (nSPS) is 16.1. The van der Waals surface area contributed by atoms with Crippen LogP contribution in [-0.2, 0) is 9.74 Å². The van der Waals surface area contributed by atoms with Crippen molar-refractivity contribution in [1.29, 1.82) is 0 Å². The summed E-state index contributed by atoms with van der Waals surface area (Å²) in [5, 5.41) is 9.33. The number of hydrogen-bond donors (Lipinski definition) is 0. The summed E-state index contributed by atoms with van der Waals surface area (Å²) in [6.45, 7) is 0. The van der Waals surface area contributed by atoms with Crippen molar-refractivity contribution < 1.29 is 66.5 Å². The Morgan fingerprint density at radius 2 is 1.58 bits per heavy atom. The molecule has 3 nitrogen and oxygen atoms in total. The number of carboxylic acids is 1. The summed E-state index contributed by atoms with van der Waals surface area (Å²) in [5.41, 5.74) is 0. The van der Waals surface area contributed by atoms with Gasteiger partial charge in [-0.05, 0) is 4.53 Å². The van der Waals surface area contributed by atoms with Crippen LogP contribution in [0, 0.1) is 0 Å². The third-order valence-electron chi connectivity index (χ3n) is 0.733. The number of hydrogen-bond acceptors (Lipinski definition) is 3. The molecule has 0 heterocycles. The second-order valence-corrected chi connectivity index (χ2v) is 1.46. The van der Waals surface area contributed by atoms with Gasteiger partial charge in [-0.15, -0.1) is 4.94 Å². The molecule has 0 aromatic heterocycles. The third kappa shape index (κ3) is 2.54. The van der Waals surface area contributed by atoms with E-state index in [1.54, 1.807) is 4.94 Å². The van der Waals surface area contributed by atoms with E-state index in [9.17, 15) is 32.0 Å². The first-order chi connectivity index (χ1) is 4.75. The van der Waals surface area contributed by atoms with Gasteiger partial charge in [0.05, 0.1) is 0 Å². The van der Waals surface area contributed by atoms with Crippen LogP contribution in [0.3, 0.4) is 0 Å².